The van der Waals surface area contributed by atoms with Crippen molar-refractivity contribution in [1.29, 1.82) is 0 Å². The molecule has 8 heteroatoms. The van der Waals surface area contributed by atoms with Crippen LogP contribution in [0.25, 0.3) is 11.2 Å². The molecule has 0 radical (unpaired) electrons. The maximum atomic E-state index is 9.98. The molecular weight excluding hydrogens is 432 g/mol. The Kier molecular flexibility index (Phi) is 5.74. The molecule has 3 N–H and O–H groups in total. The van der Waals surface area contributed by atoms with Crippen molar-refractivity contribution in [2.75, 3.05) is 17.2 Å². The van der Waals surface area contributed by atoms with Crippen LogP contribution in [-0.4, -0.2) is 36.8 Å². The molecule has 7 nitrogen and oxygen atoms in total. The number of halogens is 1. The summed E-state index contributed by atoms with van der Waals surface area (Å²) in [5, 5.41) is 16.8. The van der Waals surface area contributed by atoms with Crippen LogP contribution in [0.1, 0.15) is 51.1 Å². The molecule has 1 aliphatic carbocycles. The van der Waals surface area contributed by atoms with Crippen LogP contribution in [0.2, 0.25) is 0 Å². The summed E-state index contributed by atoms with van der Waals surface area (Å²) in [5.41, 5.74) is 2.37. The average molecular weight is 459 g/mol. The van der Waals surface area contributed by atoms with E-state index in [9.17, 15) is 5.11 Å². The lowest BCUT2D eigenvalue weighted by atomic mass is 9.99. The molecule has 3 aromatic rings. The van der Waals surface area contributed by atoms with E-state index in [0.717, 1.165) is 46.9 Å². The molecule has 0 bridgehead atoms. The van der Waals surface area contributed by atoms with Crippen LogP contribution in [0.5, 0.6) is 0 Å². The summed E-state index contributed by atoms with van der Waals surface area (Å²) in [7, 11) is 0. The maximum absolute atomic E-state index is 9.98. The van der Waals surface area contributed by atoms with E-state index >= 15 is 0 Å². The van der Waals surface area contributed by atoms with E-state index in [1.54, 1.807) is 0 Å². The summed E-state index contributed by atoms with van der Waals surface area (Å²) < 4.78 is 3.10. The number of hydrogen-bond donors (Lipinski definition) is 3. The fraction of sp³-hybridized carbons (Fsp3) is 0.476. The highest BCUT2D eigenvalue weighted by Gasteiger charge is 2.34. The van der Waals surface area contributed by atoms with Gasteiger partial charge in [0.2, 0.25) is 5.95 Å². The van der Waals surface area contributed by atoms with Gasteiger partial charge in [-0.05, 0) is 44.4 Å². The topological polar surface area (TPSA) is 87.9 Å². The number of hydrogen-bond acceptors (Lipinski definition) is 6. The minimum Gasteiger partial charge on any atom is -0.394 e. The van der Waals surface area contributed by atoms with Gasteiger partial charge in [0.05, 0.1) is 18.5 Å². The summed E-state index contributed by atoms with van der Waals surface area (Å²) in [5.74, 6) is 1.24. The van der Waals surface area contributed by atoms with Gasteiger partial charge in [0.25, 0.3) is 0 Å². The third-order valence-electron chi connectivity index (χ3n) is 5.59. The van der Waals surface area contributed by atoms with Crippen molar-refractivity contribution >= 4 is 38.9 Å². The standard InChI is InChI=1S/C21H27BrN6O/c1-14(2)28-13-24-17-18(23-11-15-5-7-16(22)8-6-15)25-20(26-19(17)28)27-21(12-29)9-3-4-10-21/h5-8,13-14,29H,3-4,9-12H2,1-2H3,(H2,23,25,26,27). The number of imidazole rings is 1. The van der Waals surface area contributed by atoms with E-state index in [2.05, 4.69) is 57.5 Å². The van der Waals surface area contributed by atoms with Crippen LogP contribution in [-0.2, 0) is 6.54 Å². The van der Waals surface area contributed by atoms with Crippen molar-refractivity contribution in [3.8, 4) is 0 Å². The first kappa shape index (κ1) is 20.1. The first-order chi connectivity index (χ1) is 14.0. The van der Waals surface area contributed by atoms with E-state index in [4.69, 9.17) is 9.97 Å². The molecule has 4 rings (SSSR count). The number of aliphatic hydroxyl groups is 1. The van der Waals surface area contributed by atoms with Gasteiger partial charge in [-0.15, -0.1) is 0 Å². The molecule has 1 aromatic carbocycles. The quantitative estimate of drug-likeness (QED) is 0.482. The van der Waals surface area contributed by atoms with Crippen LogP contribution in [0.4, 0.5) is 11.8 Å². The van der Waals surface area contributed by atoms with Crippen LogP contribution in [0, 0.1) is 0 Å². The predicted octanol–water partition coefficient (Wildman–Crippen LogP) is 4.50. The zero-order valence-electron chi connectivity index (χ0n) is 16.8. The number of aromatic nitrogens is 4. The number of rotatable bonds is 7. The number of nitrogens with one attached hydrogen (secondary N) is 2. The van der Waals surface area contributed by atoms with Crippen molar-refractivity contribution in [3.63, 3.8) is 0 Å². The summed E-state index contributed by atoms with van der Waals surface area (Å²) in [6.45, 7) is 4.94. The second-order valence-corrected chi connectivity index (χ2v) is 8.98. The lowest BCUT2D eigenvalue weighted by Crippen LogP contribution is -2.39. The van der Waals surface area contributed by atoms with Crippen molar-refractivity contribution in [2.45, 2.75) is 57.7 Å². The van der Waals surface area contributed by atoms with Crippen molar-refractivity contribution in [2.24, 2.45) is 0 Å². The van der Waals surface area contributed by atoms with Gasteiger partial charge in [0.15, 0.2) is 17.0 Å². The largest absolute Gasteiger partial charge is 0.394 e. The molecule has 29 heavy (non-hydrogen) atoms. The lowest BCUT2D eigenvalue weighted by Gasteiger charge is -2.28. The molecular formula is C21H27BrN6O. The van der Waals surface area contributed by atoms with E-state index < -0.39 is 0 Å². The smallest absolute Gasteiger partial charge is 0.227 e. The maximum Gasteiger partial charge on any atom is 0.227 e. The molecule has 0 unspecified atom stereocenters. The molecule has 1 saturated carbocycles. The predicted molar refractivity (Wildman–Crippen MR) is 119 cm³/mol. The van der Waals surface area contributed by atoms with E-state index in [1.165, 1.54) is 0 Å². The summed E-state index contributed by atoms with van der Waals surface area (Å²) in [6.07, 6.45) is 5.88. The zero-order chi connectivity index (χ0) is 20.4. The Hall–Kier alpha value is -2.19. The highest BCUT2D eigenvalue weighted by atomic mass is 79.9. The van der Waals surface area contributed by atoms with Crippen molar-refractivity contribution in [3.05, 3.63) is 40.6 Å². The fourth-order valence-corrected chi connectivity index (χ4v) is 4.14. The highest BCUT2D eigenvalue weighted by Crippen LogP contribution is 2.33. The van der Waals surface area contributed by atoms with Crippen LogP contribution in [0.15, 0.2) is 35.1 Å². The Bertz CT molecular complexity index is 979. The summed E-state index contributed by atoms with van der Waals surface area (Å²) in [4.78, 5) is 14.1. The Labute approximate surface area is 179 Å². The second kappa shape index (κ2) is 8.28. The van der Waals surface area contributed by atoms with Gasteiger partial charge in [0.1, 0.15) is 0 Å². The van der Waals surface area contributed by atoms with Crippen molar-refractivity contribution < 1.29 is 5.11 Å². The zero-order valence-corrected chi connectivity index (χ0v) is 18.4. The van der Waals surface area contributed by atoms with Gasteiger partial charge in [0, 0.05) is 17.1 Å². The fourth-order valence-electron chi connectivity index (χ4n) is 3.87. The Morgan fingerprint density at radius 3 is 2.55 bits per heavy atom. The van der Waals surface area contributed by atoms with Gasteiger partial charge in [-0.1, -0.05) is 40.9 Å². The molecule has 0 spiro atoms. The number of nitrogens with zero attached hydrogens (tertiary/aromatic N) is 4. The third kappa shape index (κ3) is 4.23. The SMILES string of the molecule is CC(C)n1cnc2c(NCc3ccc(Br)cc3)nc(NC3(CO)CCCC3)nc21. The summed E-state index contributed by atoms with van der Waals surface area (Å²) in [6, 6.07) is 8.43. The monoisotopic (exact) mass is 458 g/mol. The van der Waals surface area contributed by atoms with Gasteiger partial charge in [-0.25, -0.2) is 4.98 Å². The Morgan fingerprint density at radius 2 is 1.90 bits per heavy atom. The first-order valence-corrected chi connectivity index (χ1v) is 10.9. The molecule has 1 fully saturated rings. The van der Waals surface area contributed by atoms with Gasteiger partial charge in [-0.3, -0.25) is 0 Å². The molecule has 0 amide bonds. The third-order valence-corrected chi connectivity index (χ3v) is 6.12. The van der Waals surface area contributed by atoms with Gasteiger partial charge in [-0.2, -0.15) is 9.97 Å². The van der Waals surface area contributed by atoms with E-state index in [-0.39, 0.29) is 18.2 Å². The second-order valence-electron chi connectivity index (χ2n) is 8.06. The average Bonchev–Trinajstić information content (AvgIpc) is 3.35. The molecule has 154 valence electrons. The lowest BCUT2D eigenvalue weighted by molar-refractivity contribution is 0.213. The number of benzene rings is 1. The molecule has 2 heterocycles. The Balaban J connectivity index is 1.68. The molecule has 0 saturated heterocycles. The van der Waals surface area contributed by atoms with Crippen LogP contribution in [0.3, 0.4) is 0 Å². The normalized spacial score (nSPS) is 15.9. The Morgan fingerprint density at radius 1 is 1.17 bits per heavy atom. The molecule has 2 aromatic heterocycles. The minimum atomic E-state index is -0.334. The number of anilines is 2. The minimum absolute atomic E-state index is 0.0828. The van der Waals surface area contributed by atoms with Gasteiger partial charge >= 0.3 is 0 Å². The van der Waals surface area contributed by atoms with Crippen LogP contribution < -0.4 is 10.6 Å². The summed E-state index contributed by atoms with van der Waals surface area (Å²) >= 11 is 3.47. The van der Waals surface area contributed by atoms with Crippen molar-refractivity contribution in [1.82, 2.24) is 19.5 Å². The molecule has 1 aliphatic rings. The number of fused-ring (bicyclic) bond motifs is 1. The van der Waals surface area contributed by atoms with Crippen LogP contribution >= 0.6 is 15.9 Å². The van der Waals surface area contributed by atoms with Gasteiger partial charge < -0.3 is 20.3 Å². The molecule has 0 atom stereocenters. The highest BCUT2D eigenvalue weighted by molar-refractivity contribution is 9.10. The first-order valence-electron chi connectivity index (χ1n) is 10.1. The van der Waals surface area contributed by atoms with E-state index in [0.29, 0.717) is 18.3 Å². The number of aliphatic hydroxyl groups excluding tert-OH is 1. The van der Waals surface area contributed by atoms with E-state index in [1.807, 2.05) is 23.0 Å². The molecule has 0 aliphatic heterocycles.